The Labute approximate surface area is 132 Å². The number of primary amides is 1. The number of nitrogens with two attached hydrogens (primary N) is 1. The third kappa shape index (κ3) is 3.97. The van der Waals surface area contributed by atoms with E-state index >= 15 is 0 Å². The summed E-state index contributed by atoms with van der Waals surface area (Å²) in [5.74, 6) is -1.38. The topological polar surface area (TPSA) is 114 Å². The molecule has 0 aliphatic rings. The maximum atomic E-state index is 12.3. The molecule has 0 atom stereocenters. The normalized spacial score (nSPS) is 10.2. The summed E-state index contributed by atoms with van der Waals surface area (Å²) in [4.78, 5) is 37.6. The molecule has 0 aliphatic carbocycles. The molecule has 0 aliphatic heterocycles. The Balaban J connectivity index is 2.16. The van der Waals surface area contributed by atoms with E-state index in [2.05, 4.69) is 15.0 Å². The first-order chi connectivity index (χ1) is 10.9. The molecule has 2 rings (SSSR count). The van der Waals surface area contributed by atoms with Gasteiger partial charge in [-0.3, -0.25) is 9.59 Å². The second kappa shape index (κ2) is 6.78. The van der Waals surface area contributed by atoms with Gasteiger partial charge < -0.3 is 20.8 Å². The number of methoxy groups -OCH3 is 1. The van der Waals surface area contributed by atoms with Crippen LogP contribution < -0.4 is 11.1 Å². The lowest BCUT2D eigenvalue weighted by Crippen LogP contribution is -2.15. The highest BCUT2D eigenvalue weighted by atomic mass is 16.5. The molecule has 2 amide bonds. The quantitative estimate of drug-likeness (QED) is 0.723. The van der Waals surface area contributed by atoms with Gasteiger partial charge in [-0.15, -0.1) is 0 Å². The van der Waals surface area contributed by atoms with Crippen LogP contribution in [0.4, 0.5) is 5.69 Å². The zero-order valence-electron chi connectivity index (χ0n) is 12.8. The minimum Gasteiger partial charge on any atom is -0.464 e. The number of hydrogen-bond donors (Lipinski definition) is 3. The van der Waals surface area contributed by atoms with Gasteiger partial charge in [0.15, 0.2) is 0 Å². The van der Waals surface area contributed by atoms with Crippen molar-refractivity contribution in [1.82, 2.24) is 4.98 Å². The van der Waals surface area contributed by atoms with E-state index in [0.29, 0.717) is 11.3 Å². The van der Waals surface area contributed by atoms with Crippen molar-refractivity contribution in [2.45, 2.75) is 13.3 Å². The summed E-state index contributed by atoms with van der Waals surface area (Å²) >= 11 is 0. The van der Waals surface area contributed by atoms with E-state index in [1.54, 1.807) is 37.3 Å². The van der Waals surface area contributed by atoms with Gasteiger partial charge in [-0.2, -0.15) is 0 Å². The Hall–Kier alpha value is -3.09. The summed E-state index contributed by atoms with van der Waals surface area (Å²) in [6, 6.07) is 8.13. The van der Waals surface area contributed by atoms with Crippen LogP contribution in [0.25, 0.3) is 0 Å². The summed E-state index contributed by atoms with van der Waals surface area (Å²) in [5, 5.41) is 2.66. The number of rotatable bonds is 5. The molecule has 0 radical (unpaired) electrons. The van der Waals surface area contributed by atoms with Gasteiger partial charge in [0.05, 0.1) is 19.2 Å². The van der Waals surface area contributed by atoms with E-state index in [1.807, 2.05) is 0 Å². The van der Waals surface area contributed by atoms with Crippen molar-refractivity contribution in [2.75, 3.05) is 12.4 Å². The predicted octanol–water partition coefficient (Wildman–Crippen LogP) is 1.39. The molecule has 120 valence electrons. The van der Waals surface area contributed by atoms with Gasteiger partial charge in [-0.1, -0.05) is 12.1 Å². The Morgan fingerprint density at radius 3 is 2.43 bits per heavy atom. The lowest BCUT2D eigenvalue weighted by Gasteiger charge is -2.06. The zero-order valence-corrected chi connectivity index (χ0v) is 12.8. The summed E-state index contributed by atoms with van der Waals surface area (Å²) < 4.78 is 4.66. The van der Waals surface area contributed by atoms with E-state index in [4.69, 9.17) is 5.73 Å². The minimum atomic E-state index is -0.565. The molecule has 0 spiro atoms. The van der Waals surface area contributed by atoms with Crippen molar-refractivity contribution in [2.24, 2.45) is 5.73 Å². The van der Waals surface area contributed by atoms with Crippen LogP contribution in [0.1, 0.15) is 32.1 Å². The van der Waals surface area contributed by atoms with Crippen molar-refractivity contribution >= 4 is 23.5 Å². The first-order valence-electron chi connectivity index (χ1n) is 6.87. The highest BCUT2D eigenvalue weighted by Crippen LogP contribution is 2.19. The number of aryl methyl sites for hydroxylation is 1. The summed E-state index contributed by atoms with van der Waals surface area (Å²) in [5.41, 5.74) is 7.49. The van der Waals surface area contributed by atoms with Gasteiger partial charge in [0, 0.05) is 11.3 Å². The molecule has 0 unspecified atom stereocenters. The number of amides is 2. The third-order valence-electron chi connectivity index (χ3n) is 3.18. The Morgan fingerprint density at radius 1 is 1.22 bits per heavy atom. The highest BCUT2D eigenvalue weighted by molar-refractivity contribution is 6.07. The largest absolute Gasteiger partial charge is 0.464 e. The summed E-state index contributed by atoms with van der Waals surface area (Å²) in [6.07, 6.45) is 0.116. The van der Waals surface area contributed by atoms with Gasteiger partial charge in [0.1, 0.15) is 5.69 Å². The fourth-order valence-electron chi connectivity index (χ4n) is 2.12. The van der Waals surface area contributed by atoms with Gasteiger partial charge in [-0.25, -0.2) is 4.79 Å². The standard InChI is InChI=1S/C16H17N3O4/c1-9-7-12(14(18-9)16(22)23-2)19-15(21)11-5-3-10(4-6-11)8-13(17)20/h3-7,18H,8H2,1-2H3,(H2,17,20)(H,19,21). The minimum absolute atomic E-state index is 0.116. The summed E-state index contributed by atoms with van der Waals surface area (Å²) in [6.45, 7) is 1.76. The van der Waals surface area contributed by atoms with Gasteiger partial charge in [-0.05, 0) is 30.7 Å². The fourth-order valence-corrected chi connectivity index (χ4v) is 2.12. The SMILES string of the molecule is COC(=O)c1[nH]c(C)cc1NC(=O)c1ccc(CC(N)=O)cc1. The van der Waals surface area contributed by atoms with Crippen molar-refractivity contribution in [3.8, 4) is 0 Å². The molecular formula is C16H17N3O4. The highest BCUT2D eigenvalue weighted by Gasteiger charge is 2.17. The average molecular weight is 315 g/mol. The number of aromatic nitrogens is 1. The van der Waals surface area contributed by atoms with Crippen molar-refractivity contribution in [1.29, 1.82) is 0 Å². The predicted molar refractivity (Wildman–Crippen MR) is 84.2 cm³/mol. The molecule has 2 aromatic rings. The number of benzene rings is 1. The smallest absolute Gasteiger partial charge is 0.356 e. The average Bonchev–Trinajstić information content (AvgIpc) is 2.87. The Kier molecular flexibility index (Phi) is 4.80. The van der Waals surface area contributed by atoms with Crippen LogP contribution in [0.5, 0.6) is 0 Å². The molecule has 0 fully saturated rings. The molecule has 23 heavy (non-hydrogen) atoms. The van der Waals surface area contributed by atoms with Crippen molar-refractivity contribution in [3.05, 3.63) is 52.8 Å². The third-order valence-corrected chi connectivity index (χ3v) is 3.18. The van der Waals surface area contributed by atoms with Crippen molar-refractivity contribution < 1.29 is 19.1 Å². The van der Waals surface area contributed by atoms with Gasteiger partial charge in [0.25, 0.3) is 5.91 Å². The Morgan fingerprint density at radius 2 is 1.87 bits per heavy atom. The fraction of sp³-hybridized carbons (Fsp3) is 0.188. The molecule has 1 aromatic heterocycles. The maximum absolute atomic E-state index is 12.3. The number of carbonyl (C=O) groups excluding carboxylic acids is 3. The van der Waals surface area contributed by atoms with Crippen LogP contribution in [0.15, 0.2) is 30.3 Å². The molecule has 0 saturated carbocycles. The maximum Gasteiger partial charge on any atom is 0.356 e. The van der Waals surface area contributed by atoms with Gasteiger partial charge >= 0.3 is 5.97 Å². The number of nitrogens with one attached hydrogen (secondary N) is 2. The lowest BCUT2D eigenvalue weighted by molar-refractivity contribution is -0.117. The molecule has 7 heteroatoms. The van der Waals surface area contributed by atoms with Crippen LogP contribution in [-0.4, -0.2) is 29.9 Å². The Bertz CT molecular complexity index is 747. The van der Waals surface area contributed by atoms with Crippen LogP contribution in [0, 0.1) is 6.92 Å². The monoisotopic (exact) mass is 315 g/mol. The molecule has 1 aromatic carbocycles. The molecular weight excluding hydrogens is 298 g/mol. The van der Waals surface area contributed by atoms with E-state index in [9.17, 15) is 14.4 Å². The number of H-pyrrole nitrogens is 1. The first kappa shape index (κ1) is 16.3. The van der Waals surface area contributed by atoms with Crippen LogP contribution in [0.3, 0.4) is 0 Å². The van der Waals surface area contributed by atoms with E-state index in [1.165, 1.54) is 7.11 Å². The van der Waals surface area contributed by atoms with E-state index in [-0.39, 0.29) is 18.0 Å². The summed E-state index contributed by atoms with van der Waals surface area (Å²) in [7, 11) is 1.27. The molecule has 7 nitrogen and oxygen atoms in total. The van der Waals surface area contributed by atoms with E-state index < -0.39 is 11.9 Å². The van der Waals surface area contributed by atoms with Crippen LogP contribution >= 0.6 is 0 Å². The number of hydrogen-bond acceptors (Lipinski definition) is 4. The van der Waals surface area contributed by atoms with Crippen LogP contribution in [-0.2, 0) is 16.0 Å². The number of esters is 1. The molecule has 0 bridgehead atoms. The number of aromatic amines is 1. The van der Waals surface area contributed by atoms with Crippen molar-refractivity contribution in [3.63, 3.8) is 0 Å². The number of anilines is 1. The lowest BCUT2D eigenvalue weighted by atomic mass is 10.1. The van der Waals surface area contributed by atoms with Crippen LogP contribution in [0.2, 0.25) is 0 Å². The molecule has 0 saturated heterocycles. The number of carbonyl (C=O) groups is 3. The number of ether oxygens (including phenoxy) is 1. The molecule has 1 heterocycles. The second-order valence-electron chi connectivity index (χ2n) is 5.03. The van der Waals surface area contributed by atoms with E-state index in [0.717, 1.165) is 11.3 Å². The zero-order chi connectivity index (χ0) is 17.0. The molecule has 4 N–H and O–H groups in total. The first-order valence-corrected chi connectivity index (χ1v) is 6.87. The van der Waals surface area contributed by atoms with Gasteiger partial charge in [0.2, 0.25) is 5.91 Å². The second-order valence-corrected chi connectivity index (χ2v) is 5.03.